The van der Waals surface area contributed by atoms with Crippen molar-refractivity contribution in [3.05, 3.63) is 0 Å². The minimum absolute atomic E-state index is 0.336. The van der Waals surface area contributed by atoms with Gasteiger partial charge in [0.25, 0.3) is 0 Å². The molecule has 7 heteroatoms. The van der Waals surface area contributed by atoms with Crippen LogP contribution in [0.15, 0.2) is 0 Å². The van der Waals surface area contributed by atoms with Crippen LogP contribution in [0.3, 0.4) is 0 Å². The van der Waals surface area contributed by atoms with E-state index in [0.717, 1.165) is 4.90 Å². The van der Waals surface area contributed by atoms with Gasteiger partial charge in [0.1, 0.15) is 0 Å². The molecule has 4 nitrogen and oxygen atoms in total. The molecule has 0 bridgehead atoms. The van der Waals surface area contributed by atoms with E-state index < -0.39 is 24.9 Å². The minimum Gasteiger partial charge on any atom is -0.440 e. The van der Waals surface area contributed by atoms with E-state index in [9.17, 15) is 18.0 Å². The van der Waals surface area contributed by atoms with Crippen molar-refractivity contribution in [3.8, 4) is 0 Å². The molecule has 0 aliphatic rings. The highest BCUT2D eigenvalue weighted by molar-refractivity contribution is 5.67. The fourth-order valence-electron chi connectivity index (χ4n) is 0.548. The van der Waals surface area contributed by atoms with Gasteiger partial charge >= 0.3 is 12.3 Å². The summed E-state index contributed by atoms with van der Waals surface area (Å²) in [6.45, 7) is -0.471. The molecule has 0 aromatic heterocycles. The summed E-state index contributed by atoms with van der Waals surface area (Å²) < 4.78 is 38.8. The van der Waals surface area contributed by atoms with E-state index in [0.29, 0.717) is 0 Å². The summed E-state index contributed by atoms with van der Waals surface area (Å²) >= 11 is 0. The Morgan fingerprint density at radius 1 is 1.57 bits per heavy atom. The van der Waals surface area contributed by atoms with Crippen LogP contribution in [-0.2, 0) is 4.74 Å². The SMILES string of the molecule is CC(CO)N(C)C(=O)OCC(F)(F)F. The zero-order valence-electron chi connectivity index (χ0n) is 7.84. The maximum atomic E-state index is 11.6. The average Bonchev–Trinajstić information content (AvgIpc) is 2.10. The van der Waals surface area contributed by atoms with Crippen molar-refractivity contribution < 1.29 is 27.8 Å². The molecule has 1 atom stereocenters. The number of hydrogen-bond acceptors (Lipinski definition) is 3. The Labute approximate surface area is 79.3 Å². The van der Waals surface area contributed by atoms with Gasteiger partial charge in [-0.15, -0.1) is 0 Å². The van der Waals surface area contributed by atoms with Crippen LogP contribution in [0.4, 0.5) is 18.0 Å². The molecule has 0 fully saturated rings. The number of nitrogens with zero attached hydrogens (tertiary/aromatic N) is 1. The number of amides is 1. The molecule has 1 N–H and O–H groups in total. The first kappa shape index (κ1) is 13.0. The van der Waals surface area contributed by atoms with Crippen molar-refractivity contribution in [1.29, 1.82) is 0 Å². The van der Waals surface area contributed by atoms with Gasteiger partial charge in [-0.1, -0.05) is 0 Å². The molecule has 0 aliphatic heterocycles. The summed E-state index contributed by atoms with van der Waals surface area (Å²) in [7, 11) is 1.25. The third kappa shape index (κ3) is 4.90. The van der Waals surface area contributed by atoms with Crippen molar-refractivity contribution in [1.82, 2.24) is 4.90 Å². The van der Waals surface area contributed by atoms with Gasteiger partial charge in [0, 0.05) is 7.05 Å². The second-order valence-electron chi connectivity index (χ2n) is 2.81. The summed E-state index contributed by atoms with van der Waals surface area (Å²) in [5.41, 5.74) is 0. The van der Waals surface area contributed by atoms with Crippen molar-refractivity contribution in [2.24, 2.45) is 0 Å². The lowest BCUT2D eigenvalue weighted by molar-refractivity contribution is -0.162. The van der Waals surface area contributed by atoms with E-state index >= 15 is 0 Å². The van der Waals surface area contributed by atoms with Gasteiger partial charge in [0.15, 0.2) is 6.61 Å². The maximum absolute atomic E-state index is 11.6. The van der Waals surface area contributed by atoms with Gasteiger partial charge in [-0.3, -0.25) is 0 Å². The lowest BCUT2D eigenvalue weighted by Crippen LogP contribution is -2.39. The van der Waals surface area contributed by atoms with Crippen LogP contribution in [0.25, 0.3) is 0 Å². The molecule has 0 spiro atoms. The number of halogens is 3. The molecule has 0 saturated carbocycles. The molecule has 1 unspecified atom stereocenters. The van der Waals surface area contributed by atoms with E-state index in [1.165, 1.54) is 14.0 Å². The fraction of sp³-hybridized carbons (Fsp3) is 0.857. The van der Waals surface area contributed by atoms with Gasteiger partial charge in [-0.05, 0) is 6.92 Å². The van der Waals surface area contributed by atoms with Crippen LogP contribution < -0.4 is 0 Å². The molecular formula is C7H12F3NO3. The quantitative estimate of drug-likeness (QED) is 0.764. The highest BCUT2D eigenvalue weighted by Crippen LogP contribution is 2.15. The van der Waals surface area contributed by atoms with Crippen LogP contribution in [-0.4, -0.2) is 48.6 Å². The second-order valence-corrected chi connectivity index (χ2v) is 2.81. The van der Waals surface area contributed by atoms with Gasteiger partial charge < -0.3 is 14.7 Å². The summed E-state index contributed by atoms with van der Waals surface area (Å²) in [6.07, 6.45) is -5.64. The lowest BCUT2D eigenvalue weighted by Gasteiger charge is -2.22. The molecule has 0 rings (SSSR count). The summed E-state index contributed by atoms with van der Waals surface area (Å²) in [5, 5.41) is 8.61. The first-order valence-electron chi connectivity index (χ1n) is 3.85. The molecule has 0 heterocycles. The predicted octanol–water partition coefficient (Wildman–Crippen LogP) is 0.998. The monoisotopic (exact) mass is 215 g/mol. The highest BCUT2D eigenvalue weighted by atomic mass is 19.4. The van der Waals surface area contributed by atoms with E-state index in [-0.39, 0.29) is 6.61 Å². The number of rotatable bonds is 3. The van der Waals surface area contributed by atoms with E-state index in [1.54, 1.807) is 0 Å². The normalized spacial score (nSPS) is 13.6. The third-order valence-corrected chi connectivity index (χ3v) is 1.57. The summed E-state index contributed by atoms with van der Waals surface area (Å²) in [4.78, 5) is 11.8. The van der Waals surface area contributed by atoms with Gasteiger partial charge in [-0.2, -0.15) is 13.2 Å². The second kappa shape index (κ2) is 5.04. The van der Waals surface area contributed by atoms with Gasteiger partial charge in [0.2, 0.25) is 0 Å². The largest absolute Gasteiger partial charge is 0.440 e. The van der Waals surface area contributed by atoms with Crippen molar-refractivity contribution >= 4 is 6.09 Å². The number of hydrogen-bond donors (Lipinski definition) is 1. The molecule has 0 aliphatic carbocycles. The first-order chi connectivity index (χ1) is 6.28. The van der Waals surface area contributed by atoms with E-state index in [2.05, 4.69) is 4.74 Å². The van der Waals surface area contributed by atoms with Gasteiger partial charge in [-0.25, -0.2) is 4.79 Å². The molecule has 0 aromatic rings. The van der Waals surface area contributed by atoms with Gasteiger partial charge in [0.05, 0.1) is 12.6 Å². The van der Waals surface area contributed by atoms with E-state index in [4.69, 9.17) is 5.11 Å². The average molecular weight is 215 g/mol. The molecular weight excluding hydrogens is 203 g/mol. The Bertz CT molecular complexity index is 195. The zero-order chi connectivity index (χ0) is 11.4. The van der Waals surface area contributed by atoms with Crippen LogP contribution >= 0.6 is 0 Å². The molecule has 1 amide bonds. The zero-order valence-corrected chi connectivity index (χ0v) is 7.84. The van der Waals surface area contributed by atoms with Crippen LogP contribution in [0.5, 0.6) is 0 Å². The number of likely N-dealkylation sites (N-methyl/N-ethyl adjacent to an activating group) is 1. The number of alkyl halides is 3. The number of aliphatic hydroxyl groups excluding tert-OH is 1. The van der Waals surface area contributed by atoms with Crippen LogP contribution in [0.2, 0.25) is 0 Å². The lowest BCUT2D eigenvalue weighted by atomic mass is 10.3. The molecule has 84 valence electrons. The Morgan fingerprint density at radius 3 is 2.43 bits per heavy atom. The number of carbonyl (C=O) groups excluding carboxylic acids is 1. The number of carbonyl (C=O) groups is 1. The Hall–Kier alpha value is -0.980. The molecule has 14 heavy (non-hydrogen) atoms. The minimum atomic E-state index is -4.53. The predicted molar refractivity (Wildman–Crippen MR) is 41.7 cm³/mol. The molecule has 0 radical (unpaired) electrons. The Balaban J connectivity index is 3.97. The summed E-state index contributed by atoms with van der Waals surface area (Å²) in [5.74, 6) is 0. The van der Waals surface area contributed by atoms with Crippen LogP contribution in [0, 0.1) is 0 Å². The molecule has 0 saturated heterocycles. The van der Waals surface area contributed by atoms with Crippen molar-refractivity contribution in [3.63, 3.8) is 0 Å². The number of ether oxygens (including phenoxy) is 1. The fourth-order valence-corrected chi connectivity index (χ4v) is 0.548. The first-order valence-corrected chi connectivity index (χ1v) is 3.85. The third-order valence-electron chi connectivity index (χ3n) is 1.57. The number of aliphatic hydroxyl groups is 1. The topological polar surface area (TPSA) is 49.8 Å². The smallest absolute Gasteiger partial charge is 0.422 e. The Kier molecular flexibility index (Phi) is 4.69. The Morgan fingerprint density at radius 2 is 2.07 bits per heavy atom. The standard InChI is InChI=1S/C7H12F3NO3/c1-5(3-12)11(2)6(13)14-4-7(8,9)10/h5,12H,3-4H2,1-2H3. The van der Waals surface area contributed by atoms with Crippen molar-refractivity contribution in [2.75, 3.05) is 20.3 Å². The van der Waals surface area contributed by atoms with Crippen LogP contribution in [0.1, 0.15) is 6.92 Å². The maximum Gasteiger partial charge on any atom is 0.422 e. The summed E-state index contributed by atoms with van der Waals surface area (Å²) in [6, 6.07) is -0.573. The highest BCUT2D eigenvalue weighted by Gasteiger charge is 2.30. The van der Waals surface area contributed by atoms with E-state index in [1.807, 2.05) is 0 Å². The molecule has 0 aromatic carbocycles. The van der Waals surface area contributed by atoms with Crippen molar-refractivity contribution in [2.45, 2.75) is 19.1 Å².